The maximum absolute atomic E-state index is 10.9. The van der Waals surface area contributed by atoms with Crippen molar-refractivity contribution in [3.63, 3.8) is 0 Å². The molecular weight excluding hydrogens is 275 g/mol. The fraction of sp³-hybridized carbons (Fsp3) is 0.929. The molecule has 1 saturated carbocycles. The Hall–Kier alpha value is -0.195. The van der Waals surface area contributed by atoms with E-state index in [-0.39, 0.29) is 22.4 Å². The molecule has 113 valence electrons. The van der Waals surface area contributed by atoms with E-state index in [0.29, 0.717) is 24.3 Å². The van der Waals surface area contributed by atoms with Gasteiger partial charge in [0.2, 0.25) is 0 Å². The molecule has 0 amide bonds. The largest absolute Gasteiger partial charge is 0.463 e. The van der Waals surface area contributed by atoms with Gasteiger partial charge in [0.1, 0.15) is 6.61 Å². The zero-order chi connectivity index (χ0) is 15.1. The third kappa shape index (κ3) is 3.34. The number of carbonyl (C=O) groups excluding carboxylic acids is 1. The predicted octanol–water partition coefficient (Wildman–Crippen LogP) is 2.11. The van der Waals surface area contributed by atoms with Gasteiger partial charge in [-0.05, 0) is 45.3 Å². The van der Waals surface area contributed by atoms with Crippen molar-refractivity contribution in [2.75, 3.05) is 13.2 Å². The molecule has 1 heterocycles. The number of esters is 1. The molecule has 20 heavy (non-hydrogen) atoms. The highest BCUT2D eigenvalue weighted by Gasteiger charge is 2.60. The van der Waals surface area contributed by atoms with Gasteiger partial charge >= 0.3 is 5.97 Å². The normalized spacial score (nSPS) is 32.7. The molecule has 2 fully saturated rings. The molecule has 2 rings (SSSR count). The van der Waals surface area contributed by atoms with Crippen LogP contribution in [0.1, 0.15) is 34.6 Å². The van der Waals surface area contributed by atoms with Gasteiger partial charge in [-0.15, -0.1) is 0 Å². The third-order valence-corrected chi connectivity index (χ3v) is 5.21. The molecule has 6 heteroatoms. The molecule has 0 N–H and O–H groups in total. The first-order valence-electron chi connectivity index (χ1n) is 7.12. The van der Waals surface area contributed by atoms with Gasteiger partial charge in [-0.25, -0.2) is 0 Å². The number of fused-ring (bicyclic) bond motifs is 1. The highest BCUT2D eigenvalue weighted by Crippen LogP contribution is 2.59. The first kappa shape index (κ1) is 16.2. The van der Waals surface area contributed by atoms with Crippen molar-refractivity contribution in [1.29, 1.82) is 0 Å². The summed E-state index contributed by atoms with van der Waals surface area (Å²) in [4.78, 5) is 10.9. The Balaban J connectivity index is 1.79. The lowest BCUT2D eigenvalue weighted by atomic mass is 9.83. The van der Waals surface area contributed by atoms with E-state index >= 15 is 0 Å². The maximum atomic E-state index is 10.9. The third-order valence-electron chi connectivity index (χ3n) is 4.67. The zero-order valence-corrected chi connectivity index (χ0v) is 13.8. The number of rotatable bonds is 6. The Bertz CT molecular complexity index is 380. The Morgan fingerprint density at radius 1 is 1.40 bits per heavy atom. The summed E-state index contributed by atoms with van der Waals surface area (Å²) < 4.78 is 16.4. The van der Waals surface area contributed by atoms with E-state index in [1.807, 2.05) is 35.2 Å². The standard InChI is InChI=1S/C14H24BO4S/c1-8(16)17-7-10-11-9(6-18-10)12(11)15-19-13(2,3)14(4,5)20/h9-12,20H,6-7H2,1-5H3. The molecule has 1 radical (unpaired) electrons. The molecule has 0 aromatic rings. The van der Waals surface area contributed by atoms with Crippen LogP contribution >= 0.6 is 12.6 Å². The quantitative estimate of drug-likeness (QED) is 0.463. The van der Waals surface area contributed by atoms with Crippen LogP contribution < -0.4 is 0 Å². The van der Waals surface area contributed by atoms with E-state index in [1.165, 1.54) is 6.92 Å². The molecule has 0 aromatic heterocycles. The second-order valence-corrected chi connectivity index (χ2v) is 7.93. The zero-order valence-electron chi connectivity index (χ0n) is 12.9. The molecule has 1 aliphatic heterocycles. The van der Waals surface area contributed by atoms with E-state index in [2.05, 4.69) is 12.6 Å². The van der Waals surface area contributed by atoms with Gasteiger partial charge < -0.3 is 14.1 Å². The lowest BCUT2D eigenvalue weighted by molar-refractivity contribution is -0.144. The van der Waals surface area contributed by atoms with Gasteiger partial charge in [0.05, 0.1) is 11.7 Å². The molecule has 1 aliphatic carbocycles. The molecule has 0 bridgehead atoms. The maximum Gasteiger partial charge on any atom is 0.302 e. The van der Waals surface area contributed by atoms with Crippen LogP contribution in [0.4, 0.5) is 0 Å². The number of thiol groups is 1. The fourth-order valence-electron chi connectivity index (χ4n) is 2.46. The topological polar surface area (TPSA) is 44.8 Å². The van der Waals surface area contributed by atoms with Crippen molar-refractivity contribution >= 4 is 26.1 Å². The first-order chi connectivity index (χ1) is 9.13. The van der Waals surface area contributed by atoms with E-state index in [4.69, 9.17) is 14.1 Å². The lowest BCUT2D eigenvalue weighted by Crippen LogP contribution is -2.44. The molecule has 1 saturated heterocycles. The summed E-state index contributed by atoms with van der Waals surface area (Å²) in [6.45, 7) is 10.7. The number of hydrogen-bond donors (Lipinski definition) is 1. The van der Waals surface area contributed by atoms with Crippen molar-refractivity contribution in [3.05, 3.63) is 0 Å². The Labute approximate surface area is 127 Å². The molecular formula is C14H24BO4S. The van der Waals surface area contributed by atoms with Crippen molar-refractivity contribution < 1.29 is 18.9 Å². The summed E-state index contributed by atoms with van der Waals surface area (Å²) >= 11 is 4.59. The van der Waals surface area contributed by atoms with Crippen LogP contribution in [-0.2, 0) is 18.9 Å². The second-order valence-electron chi connectivity index (χ2n) is 6.82. The lowest BCUT2D eigenvalue weighted by Gasteiger charge is -2.38. The summed E-state index contributed by atoms with van der Waals surface area (Å²) in [7, 11) is 1.94. The Morgan fingerprint density at radius 3 is 2.60 bits per heavy atom. The highest BCUT2D eigenvalue weighted by atomic mass is 32.1. The number of carbonyl (C=O) groups is 1. The average Bonchev–Trinajstić information content (AvgIpc) is 2.83. The van der Waals surface area contributed by atoms with Crippen LogP contribution in [0.25, 0.3) is 0 Å². The molecule has 0 spiro atoms. The summed E-state index contributed by atoms with van der Waals surface area (Å²) in [5, 5.41) is 0. The van der Waals surface area contributed by atoms with Crippen molar-refractivity contribution in [1.82, 2.24) is 0 Å². The van der Waals surface area contributed by atoms with Crippen molar-refractivity contribution in [3.8, 4) is 0 Å². The fourth-order valence-corrected chi connectivity index (χ4v) is 2.52. The van der Waals surface area contributed by atoms with Gasteiger partial charge in [-0.3, -0.25) is 4.79 Å². The van der Waals surface area contributed by atoms with E-state index in [1.54, 1.807) is 0 Å². The molecule has 4 unspecified atom stereocenters. The van der Waals surface area contributed by atoms with Crippen LogP contribution in [0.2, 0.25) is 5.82 Å². The summed E-state index contributed by atoms with van der Waals surface area (Å²) in [5.41, 5.74) is -0.334. The van der Waals surface area contributed by atoms with Gasteiger partial charge in [0, 0.05) is 18.3 Å². The average molecular weight is 299 g/mol. The number of hydrogen-bond acceptors (Lipinski definition) is 5. The van der Waals surface area contributed by atoms with Crippen LogP contribution in [0.5, 0.6) is 0 Å². The SMILES string of the molecule is CC(=O)OCC1OCC2C([B]OC(C)(C)C(C)(C)S)C12. The molecule has 4 nitrogen and oxygen atoms in total. The van der Waals surface area contributed by atoms with Crippen LogP contribution in [0, 0.1) is 11.8 Å². The smallest absolute Gasteiger partial charge is 0.302 e. The van der Waals surface area contributed by atoms with Gasteiger partial charge in [0.25, 0.3) is 7.48 Å². The van der Waals surface area contributed by atoms with Gasteiger partial charge in [-0.1, -0.05) is 0 Å². The Morgan fingerprint density at radius 2 is 2.05 bits per heavy atom. The van der Waals surface area contributed by atoms with Crippen LogP contribution in [-0.4, -0.2) is 43.1 Å². The molecule has 4 atom stereocenters. The van der Waals surface area contributed by atoms with E-state index in [0.717, 1.165) is 6.61 Å². The predicted molar refractivity (Wildman–Crippen MR) is 81.1 cm³/mol. The highest BCUT2D eigenvalue weighted by molar-refractivity contribution is 7.81. The first-order valence-corrected chi connectivity index (χ1v) is 7.57. The van der Waals surface area contributed by atoms with Crippen LogP contribution in [0.15, 0.2) is 0 Å². The van der Waals surface area contributed by atoms with Crippen molar-refractivity contribution in [2.45, 2.75) is 56.9 Å². The second kappa shape index (κ2) is 5.54. The van der Waals surface area contributed by atoms with Crippen LogP contribution in [0.3, 0.4) is 0 Å². The van der Waals surface area contributed by atoms with Gasteiger partial charge in [-0.2, -0.15) is 12.6 Å². The molecule has 2 aliphatic rings. The summed E-state index contributed by atoms with van der Waals surface area (Å²) in [6, 6.07) is 0. The van der Waals surface area contributed by atoms with Gasteiger partial charge in [0.15, 0.2) is 0 Å². The van der Waals surface area contributed by atoms with E-state index < -0.39 is 0 Å². The van der Waals surface area contributed by atoms with Crippen molar-refractivity contribution in [2.24, 2.45) is 11.8 Å². The Kier molecular flexibility index (Phi) is 4.48. The minimum atomic E-state index is -0.334. The minimum Gasteiger partial charge on any atom is -0.463 e. The molecule has 0 aromatic carbocycles. The summed E-state index contributed by atoms with van der Waals surface area (Å²) in [5.74, 6) is 1.08. The van der Waals surface area contributed by atoms with E-state index in [9.17, 15) is 4.79 Å². The minimum absolute atomic E-state index is 0.0147. The summed E-state index contributed by atoms with van der Waals surface area (Å²) in [6.07, 6.45) is 0.0147. The number of ether oxygens (including phenoxy) is 2. The monoisotopic (exact) mass is 299 g/mol.